The van der Waals surface area contributed by atoms with E-state index in [2.05, 4.69) is 116 Å². The SMILES string of the molecule is Cc1ccc(Nc2cc3nc4ccccc4n(-c4ccc(C)cc4)c-3c/c2=N/C(C)C)cc1. The van der Waals surface area contributed by atoms with Crippen LogP contribution in [0.15, 0.2) is 89.9 Å². The zero-order valence-electron chi connectivity index (χ0n) is 19.5. The van der Waals surface area contributed by atoms with Gasteiger partial charge in [-0.3, -0.25) is 4.99 Å². The van der Waals surface area contributed by atoms with E-state index in [1.54, 1.807) is 0 Å². The number of hydrogen-bond donors (Lipinski definition) is 1. The molecule has 1 aliphatic carbocycles. The number of nitrogens with one attached hydrogen (secondary N) is 1. The Balaban J connectivity index is 1.80. The van der Waals surface area contributed by atoms with Crippen LogP contribution in [0.1, 0.15) is 25.0 Å². The summed E-state index contributed by atoms with van der Waals surface area (Å²) in [5.74, 6) is 0. The summed E-state index contributed by atoms with van der Waals surface area (Å²) in [5.41, 5.74) is 9.56. The maximum Gasteiger partial charge on any atom is 0.0900 e. The van der Waals surface area contributed by atoms with E-state index in [1.165, 1.54) is 11.1 Å². The average Bonchev–Trinajstić information content (AvgIpc) is 2.80. The van der Waals surface area contributed by atoms with Gasteiger partial charge in [0.05, 0.1) is 33.5 Å². The number of aromatic nitrogens is 2. The first-order valence-corrected chi connectivity index (χ1v) is 11.4. The molecule has 4 nitrogen and oxygen atoms in total. The minimum atomic E-state index is 0.169. The quantitative estimate of drug-likeness (QED) is 0.317. The van der Waals surface area contributed by atoms with Crippen LogP contribution >= 0.6 is 0 Å². The Morgan fingerprint density at radius 2 is 1.48 bits per heavy atom. The number of hydrogen-bond acceptors (Lipinski definition) is 3. The largest absolute Gasteiger partial charge is 0.354 e. The fourth-order valence-electron chi connectivity index (χ4n) is 4.09. The molecule has 1 aliphatic heterocycles. The molecule has 0 bridgehead atoms. The van der Waals surface area contributed by atoms with E-state index in [4.69, 9.17) is 9.98 Å². The Morgan fingerprint density at radius 1 is 0.818 bits per heavy atom. The molecule has 3 aromatic carbocycles. The second-order valence-corrected chi connectivity index (χ2v) is 8.84. The second-order valence-electron chi connectivity index (χ2n) is 8.84. The van der Waals surface area contributed by atoms with Gasteiger partial charge in [0.15, 0.2) is 0 Å². The van der Waals surface area contributed by atoms with Crippen molar-refractivity contribution >= 4 is 22.4 Å². The van der Waals surface area contributed by atoms with Gasteiger partial charge in [-0.1, -0.05) is 47.5 Å². The molecule has 164 valence electrons. The highest BCUT2D eigenvalue weighted by Gasteiger charge is 2.16. The summed E-state index contributed by atoms with van der Waals surface area (Å²) < 4.78 is 2.28. The highest BCUT2D eigenvalue weighted by molar-refractivity contribution is 5.84. The van der Waals surface area contributed by atoms with E-state index in [-0.39, 0.29) is 6.04 Å². The Hall–Kier alpha value is -3.92. The van der Waals surface area contributed by atoms with Crippen LogP contribution < -0.4 is 10.7 Å². The second kappa shape index (κ2) is 8.55. The molecule has 4 heteroatoms. The number of rotatable bonds is 4. The summed E-state index contributed by atoms with van der Waals surface area (Å²) in [6.07, 6.45) is 0. The topological polar surface area (TPSA) is 42.2 Å². The van der Waals surface area contributed by atoms with Gasteiger partial charge in [-0.25, -0.2) is 4.98 Å². The summed E-state index contributed by atoms with van der Waals surface area (Å²) in [7, 11) is 0. The normalized spacial score (nSPS) is 12.1. The molecule has 33 heavy (non-hydrogen) atoms. The van der Waals surface area contributed by atoms with Gasteiger partial charge in [-0.15, -0.1) is 0 Å². The maximum atomic E-state index is 5.02. The van der Waals surface area contributed by atoms with Crippen LogP contribution in [-0.2, 0) is 0 Å². The molecule has 2 aliphatic rings. The van der Waals surface area contributed by atoms with Crippen LogP contribution in [0, 0.1) is 13.8 Å². The number of nitrogens with zero attached hydrogens (tertiary/aromatic N) is 3. The third kappa shape index (κ3) is 4.24. The molecule has 0 amide bonds. The van der Waals surface area contributed by atoms with Gasteiger partial charge in [0.2, 0.25) is 0 Å². The monoisotopic (exact) mass is 432 g/mol. The number of benzene rings is 4. The summed E-state index contributed by atoms with van der Waals surface area (Å²) in [6.45, 7) is 8.41. The van der Waals surface area contributed by atoms with Gasteiger partial charge >= 0.3 is 0 Å². The van der Waals surface area contributed by atoms with Crippen molar-refractivity contribution in [3.05, 3.63) is 101 Å². The van der Waals surface area contributed by atoms with Gasteiger partial charge in [0.25, 0.3) is 0 Å². The van der Waals surface area contributed by atoms with Crippen LogP contribution in [0.2, 0.25) is 0 Å². The highest BCUT2D eigenvalue weighted by atomic mass is 15.0. The molecule has 3 aromatic rings. The summed E-state index contributed by atoms with van der Waals surface area (Å²) in [5, 5.41) is 4.50. The average molecular weight is 433 g/mol. The zero-order valence-corrected chi connectivity index (χ0v) is 19.5. The Kier molecular flexibility index (Phi) is 5.43. The third-order valence-electron chi connectivity index (χ3n) is 5.72. The van der Waals surface area contributed by atoms with Crippen molar-refractivity contribution in [3.8, 4) is 17.1 Å². The lowest BCUT2D eigenvalue weighted by Gasteiger charge is -2.20. The van der Waals surface area contributed by atoms with Gasteiger partial charge in [0, 0.05) is 17.4 Å². The van der Waals surface area contributed by atoms with Crippen LogP contribution in [0.4, 0.5) is 11.4 Å². The zero-order chi connectivity index (χ0) is 22.9. The van der Waals surface area contributed by atoms with Crippen LogP contribution in [0.25, 0.3) is 28.1 Å². The number of aryl methyl sites for hydroxylation is 2. The Morgan fingerprint density at radius 3 is 2.18 bits per heavy atom. The van der Waals surface area contributed by atoms with E-state index in [1.807, 2.05) is 6.07 Å². The minimum Gasteiger partial charge on any atom is -0.354 e. The van der Waals surface area contributed by atoms with Crippen molar-refractivity contribution in [3.63, 3.8) is 0 Å². The molecular formula is C29H28N4. The molecule has 5 rings (SSSR count). The van der Waals surface area contributed by atoms with Crippen LogP contribution in [0.3, 0.4) is 0 Å². The molecule has 0 saturated heterocycles. The molecule has 0 aromatic heterocycles. The number of fused-ring (bicyclic) bond motifs is 2. The lowest BCUT2D eigenvalue weighted by molar-refractivity contribution is 0.806. The fraction of sp³-hybridized carbons (Fsp3) is 0.172. The predicted molar refractivity (Wildman–Crippen MR) is 138 cm³/mol. The maximum absolute atomic E-state index is 5.02. The van der Waals surface area contributed by atoms with Crippen molar-refractivity contribution in [1.82, 2.24) is 9.55 Å². The standard InChI is InChI=1S/C29H28N4/c1-19(2)30-26-18-29-27(17-25(26)31-22-13-9-20(3)10-14-22)32-24-7-5-6-8-28(24)33(29)23-15-11-21(4)12-16-23/h5-19,31H,1-4H3/b30-26-. The highest BCUT2D eigenvalue weighted by Crippen LogP contribution is 2.30. The van der Waals surface area contributed by atoms with E-state index < -0.39 is 0 Å². The van der Waals surface area contributed by atoms with Gasteiger partial charge < -0.3 is 9.88 Å². The van der Waals surface area contributed by atoms with Crippen molar-refractivity contribution in [2.75, 3.05) is 5.32 Å². The summed E-state index contributed by atoms with van der Waals surface area (Å²) in [6, 6.07) is 29.8. The van der Waals surface area contributed by atoms with Crippen molar-refractivity contribution < 1.29 is 0 Å². The molecule has 0 spiro atoms. The first-order chi connectivity index (χ1) is 16.0. The van der Waals surface area contributed by atoms with E-state index in [9.17, 15) is 0 Å². The molecule has 0 fully saturated rings. The molecule has 1 heterocycles. The molecule has 0 radical (unpaired) electrons. The first-order valence-electron chi connectivity index (χ1n) is 11.4. The van der Waals surface area contributed by atoms with Gasteiger partial charge in [0.1, 0.15) is 0 Å². The molecule has 0 unspecified atom stereocenters. The van der Waals surface area contributed by atoms with Crippen molar-refractivity contribution in [1.29, 1.82) is 0 Å². The molecule has 1 N–H and O–H groups in total. The van der Waals surface area contributed by atoms with E-state index >= 15 is 0 Å². The minimum absolute atomic E-state index is 0.169. The molecule has 0 saturated carbocycles. The van der Waals surface area contributed by atoms with E-state index in [0.29, 0.717) is 0 Å². The molecular weight excluding hydrogens is 404 g/mol. The predicted octanol–water partition coefficient (Wildman–Crippen LogP) is 6.80. The Bertz CT molecular complexity index is 1460. The Labute approximate surface area is 194 Å². The van der Waals surface area contributed by atoms with Gasteiger partial charge in [-0.05, 0) is 76.2 Å². The third-order valence-corrected chi connectivity index (χ3v) is 5.72. The summed E-state index contributed by atoms with van der Waals surface area (Å²) >= 11 is 0. The van der Waals surface area contributed by atoms with Gasteiger partial charge in [-0.2, -0.15) is 0 Å². The van der Waals surface area contributed by atoms with Crippen molar-refractivity contribution in [2.24, 2.45) is 4.99 Å². The van der Waals surface area contributed by atoms with Crippen LogP contribution in [0.5, 0.6) is 0 Å². The van der Waals surface area contributed by atoms with E-state index in [0.717, 1.165) is 44.8 Å². The number of para-hydroxylation sites is 2. The van der Waals surface area contributed by atoms with Crippen LogP contribution in [-0.4, -0.2) is 15.6 Å². The lowest BCUT2D eigenvalue weighted by atomic mass is 10.1. The number of anilines is 2. The first kappa shape index (κ1) is 21.0. The van der Waals surface area contributed by atoms with Crippen molar-refractivity contribution in [2.45, 2.75) is 33.7 Å². The fourth-order valence-corrected chi connectivity index (χ4v) is 4.09. The molecule has 0 atom stereocenters. The lowest BCUT2D eigenvalue weighted by Crippen LogP contribution is -2.16. The summed E-state index contributed by atoms with van der Waals surface area (Å²) in [4.78, 5) is 9.96. The smallest absolute Gasteiger partial charge is 0.0900 e.